The van der Waals surface area contributed by atoms with E-state index in [9.17, 15) is 4.79 Å². The maximum Gasteiger partial charge on any atom is 0.246 e. The number of nitrogens with zero attached hydrogens (tertiary/aromatic N) is 1. The summed E-state index contributed by atoms with van der Waals surface area (Å²) < 4.78 is 0. The van der Waals surface area contributed by atoms with Crippen molar-refractivity contribution >= 4 is 5.91 Å². The molecule has 0 fully saturated rings. The van der Waals surface area contributed by atoms with Crippen molar-refractivity contribution in [2.24, 2.45) is 5.92 Å². The number of amides is 1. The summed E-state index contributed by atoms with van der Waals surface area (Å²) in [6.07, 6.45) is 2.68. The minimum Gasteiger partial charge on any atom is -0.339 e. The van der Waals surface area contributed by atoms with Gasteiger partial charge in [-0.25, -0.2) is 0 Å². The van der Waals surface area contributed by atoms with E-state index >= 15 is 0 Å². The second kappa shape index (κ2) is 5.84. The molecule has 0 spiro atoms. The topological polar surface area (TPSA) is 20.3 Å². The van der Waals surface area contributed by atoms with Gasteiger partial charge in [0.05, 0.1) is 0 Å². The number of carbonyl (C=O) groups excluding carboxylic acids is 1. The summed E-state index contributed by atoms with van der Waals surface area (Å²) in [5.41, 5.74) is 1.14. The van der Waals surface area contributed by atoms with Gasteiger partial charge in [0.15, 0.2) is 0 Å². The Bertz CT molecular complexity index is 218. The average molecular weight is 197 g/mol. The summed E-state index contributed by atoms with van der Waals surface area (Å²) in [5.74, 6) is 0.616. The van der Waals surface area contributed by atoms with Crippen LogP contribution in [0.25, 0.3) is 0 Å². The van der Waals surface area contributed by atoms with Gasteiger partial charge >= 0.3 is 0 Å². The van der Waals surface area contributed by atoms with E-state index in [0.717, 1.165) is 12.0 Å². The first-order chi connectivity index (χ1) is 6.40. The highest BCUT2D eigenvalue weighted by molar-refractivity contribution is 5.88. The van der Waals surface area contributed by atoms with E-state index in [2.05, 4.69) is 27.7 Å². The maximum absolute atomic E-state index is 11.7. The van der Waals surface area contributed by atoms with Crippen LogP contribution in [0.4, 0.5) is 0 Å². The molecule has 0 N–H and O–H groups in total. The average Bonchev–Trinajstić information content (AvgIpc) is 2.14. The fraction of sp³-hybridized carbons (Fsp3) is 0.750. The van der Waals surface area contributed by atoms with Gasteiger partial charge in [-0.2, -0.15) is 0 Å². The van der Waals surface area contributed by atoms with Gasteiger partial charge in [-0.15, -0.1) is 0 Å². The molecule has 0 unspecified atom stereocenters. The lowest BCUT2D eigenvalue weighted by molar-refractivity contribution is -0.127. The third-order valence-corrected chi connectivity index (χ3v) is 2.85. The van der Waals surface area contributed by atoms with E-state index in [4.69, 9.17) is 0 Å². The summed E-state index contributed by atoms with van der Waals surface area (Å²) in [7, 11) is 1.87. The van der Waals surface area contributed by atoms with E-state index in [1.165, 1.54) is 0 Å². The molecule has 0 rings (SSSR count). The van der Waals surface area contributed by atoms with Gasteiger partial charge in [0.1, 0.15) is 0 Å². The Kier molecular flexibility index (Phi) is 5.51. The molecule has 0 saturated carbocycles. The SMILES string of the molecule is CC/C(C)=C\C(=O)N(C)[C@@H](C)C(C)C. The van der Waals surface area contributed by atoms with Crippen LogP contribution in [0, 0.1) is 5.92 Å². The first kappa shape index (κ1) is 13.2. The Balaban J connectivity index is 4.40. The molecule has 0 aromatic rings. The van der Waals surface area contributed by atoms with Crippen molar-refractivity contribution in [2.75, 3.05) is 7.05 Å². The molecule has 0 saturated heterocycles. The van der Waals surface area contributed by atoms with Crippen molar-refractivity contribution in [1.82, 2.24) is 4.90 Å². The molecule has 2 heteroatoms. The molecule has 14 heavy (non-hydrogen) atoms. The number of allylic oxidation sites excluding steroid dienone is 1. The molecule has 0 aliphatic rings. The molecule has 0 radical (unpaired) electrons. The highest BCUT2D eigenvalue weighted by atomic mass is 16.2. The number of likely N-dealkylation sites (N-methyl/N-ethyl adjacent to an activating group) is 1. The number of carbonyl (C=O) groups is 1. The zero-order valence-corrected chi connectivity index (χ0v) is 10.3. The van der Waals surface area contributed by atoms with Gasteiger partial charge in [-0.3, -0.25) is 4.79 Å². The standard InChI is InChI=1S/C12H23NO/c1-7-10(4)8-12(14)13(6)11(5)9(2)3/h8-9,11H,7H2,1-6H3/b10-8-/t11-/m0/s1. The minimum absolute atomic E-state index is 0.116. The maximum atomic E-state index is 11.7. The predicted octanol–water partition coefficient (Wildman–Crippen LogP) is 2.85. The normalized spacial score (nSPS) is 14.4. The first-order valence-corrected chi connectivity index (χ1v) is 5.34. The molecule has 0 aliphatic heterocycles. The summed E-state index contributed by atoms with van der Waals surface area (Å²) >= 11 is 0. The van der Waals surface area contributed by atoms with Gasteiger partial charge < -0.3 is 4.90 Å². The van der Waals surface area contributed by atoms with Crippen molar-refractivity contribution < 1.29 is 4.79 Å². The van der Waals surface area contributed by atoms with Crippen molar-refractivity contribution in [3.05, 3.63) is 11.6 Å². The van der Waals surface area contributed by atoms with Crippen LogP contribution in [-0.4, -0.2) is 23.9 Å². The molecule has 0 aromatic heterocycles. The van der Waals surface area contributed by atoms with Crippen molar-refractivity contribution in [3.63, 3.8) is 0 Å². The van der Waals surface area contributed by atoms with E-state index in [0.29, 0.717) is 12.0 Å². The molecule has 0 bridgehead atoms. The monoisotopic (exact) mass is 197 g/mol. The lowest BCUT2D eigenvalue weighted by Gasteiger charge is -2.27. The van der Waals surface area contributed by atoms with Crippen LogP contribution >= 0.6 is 0 Å². The minimum atomic E-state index is 0.116. The molecule has 0 aliphatic carbocycles. The van der Waals surface area contributed by atoms with Gasteiger partial charge in [-0.1, -0.05) is 26.3 Å². The largest absolute Gasteiger partial charge is 0.339 e. The summed E-state index contributed by atoms with van der Waals surface area (Å²) in [6, 6.07) is 0.295. The van der Waals surface area contributed by atoms with Crippen molar-refractivity contribution in [3.8, 4) is 0 Å². The molecule has 1 amide bonds. The van der Waals surface area contributed by atoms with Gasteiger partial charge in [-0.05, 0) is 26.2 Å². The summed E-state index contributed by atoms with van der Waals surface area (Å²) in [5, 5.41) is 0. The zero-order valence-electron chi connectivity index (χ0n) is 10.3. The molecule has 0 aromatic carbocycles. The van der Waals surface area contributed by atoms with E-state index in [1.54, 1.807) is 6.08 Å². The van der Waals surface area contributed by atoms with Crippen molar-refractivity contribution in [1.29, 1.82) is 0 Å². The lowest BCUT2D eigenvalue weighted by atomic mass is 10.0. The number of hydrogen-bond acceptors (Lipinski definition) is 1. The molecule has 2 nitrogen and oxygen atoms in total. The van der Waals surface area contributed by atoms with Crippen LogP contribution in [0.15, 0.2) is 11.6 Å². The summed E-state index contributed by atoms with van der Waals surface area (Å²) in [6.45, 7) is 10.4. The Hall–Kier alpha value is -0.790. The lowest BCUT2D eigenvalue weighted by Crippen LogP contribution is -2.37. The highest BCUT2D eigenvalue weighted by Gasteiger charge is 2.16. The van der Waals surface area contributed by atoms with Crippen LogP contribution < -0.4 is 0 Å². The molecule has 0 heterocycles. The van der Waals surface area contributed by atoms with E-state index < -0.39 is 0 Å². The van der Waals surface area contributed by atoms with Crippen LogP contribution in [0.2, 0.25) is 0 Å². The van der Waals surface area contributed by atoms with Gasteiger partial charge in [0.25, 0.3) is 0 Å². The molecular weight excluding hydrogens is 174 g/mol. The predicted molar refractivity (Wildman–Crippen MR) is 61.1 cm³/mol. The molecule has 1 atom stereocenters. The summed E-state index contributed by atoms with van der Waals surface area (Å²) in [4.78, 5) is 13.5. The first-order valence-electron chi connectivity index (χ1n) is 5.34. The smallest absolute Gasteiger partial charge is 0.246 e. The van der Waals surface area contributed by atoms with Crippen LogP contribution in [0.1, 0.15) is 41.0 Å². The third kappa shape index (κ3) is 3.95. The van der Waals surface area contributed by atoms with Crippen LogP contribution in [0.5, 0.6) is 0 Å². The third-order valence-electron chi connectivity index (χ3n) is 2.85. The van der Waals surface area contributed by atoms with Gasteiger partial charge in [0, 0.05) is 19.2 Å². The highest BCUT2D eigenvalue weighted by Crippen LogP contribution is 2.09. The molecular formula is C12H23NO. The Morgan fingerprint density at radius 3 is 2.21 bits per heavy atom. The van der Waals surface area contributed by atoms with E-state index in [-0.39, 0.29) is 5.91 Å². The Morgan fingerprint density at radius 2 is 1.86 bits per heavy atom. The second-order valence-corrected chi connectivity index (χ2v) is 4.28. The van der Waals surface area contributed by atoms with Crippen molar-refractivity contribution in [2.45, 2.75) is 47.1 Å². The van der Waals surface area contributed by atoms with Crippen LogP contribution in [0.3, 0.4) is 0 Å². The number of hydrogen-bond donors (Lipinski definition) is 0. The van der Waals surface area contributed by atoms with E-state index in [1.807, 2.05) is 18.9 Å². The second-order valence-electron chi connectivity index (χ2n) is 4.28. The number of rotatable bonds is 4. The fourth-order valence-corrected chi connectivity index (χ4v) is 1.06. The van der Waals surface area contributed by atoms with Crippen LogP contribution in [-0.2, 0) is 4.79 Å². The van der Waals surface area contributed by atoms with Gasteiger partial charge in [0.2, 0.25) is 5.91 Å². The molecule has 82 valence electrons. The Labute approximate surface area is 88.0 Å². The Morgan fingerprint density at radius 1 is 1.36 bits per heavy atom. The zero-order chi connectivity index (χ0) is 11.3. The fourth-order valence-electron chi connectivity index (χ4n) is 1.06. The quantitative estimate of drug-likeness (QED) is 0.635.